The molecule has 0 bridgehead atoms. The number of nitrogens with zero attached hydrogens (tertiary/aromatic N) is 5. The van der Waals surface area contributed by atoms with E-state index >= 15 is 0 Å². The third-order valence-electron chi connectivity index (χ3n) is 4.06. The minimum atomic E-state index is 0.479. The van der Waals surface area contributed by atoms with Gasteiger partial charge in [0, 0.05) is 12.1 Å². The molecule has 2 aromatic heterocycles. The second-order valence-electron chi connectivity index (χ2n) is 5.55. The first-order valence-electron chi connectivity index (χ1n) is 7.45. The molecule has 1 saturated carbocycles. The molecule has 1 aliphatic carbocycles. The second-order valence-corrected chi connectivity index (χ2v) is 5.55. The van der Waals surface area contributed by atoms with Crippen LogP contribution in [-0.4, -0.2) is 24.8 Å². The van der Waals surface area contributed by atoms with Crippen LogP contribution in [-0.2, 0) is 6.54 Å². The third-order valence-corrected chi connectivity index (χ3v) is 4.06. The largest absolute Gasteiger partial charge is 0.381 e. The zero-order chi connectivity index (χ0) is 14.1. The van der Waals surface area contributed by atoms with E-state index in [1.165, 1.54) is 12.8 Å². The summed E-state index contributed by atoms with van der Waals surface area (Å²) in [4.78, 5) is 0. The topological polar surface area (TPSA) is 74.5 Å². The lowest BCUT2D eigenvalue weighted by Crippen LogP contribution is -2.10. The number of rotatable bonds is 6. The molecule has 2 heterocycles. The SMILES string of the molecule is CCC(CC)n1ccc(Cn2nnc(N)c2C2CC2)n1. The Morgan fingerprint density at radius 2 is 2.10 bits per heavy atom. The summed E-state index contributed by atoms with van der Waals surface area (Å²) in [7, 11) is 0. The minimum Gasteiger partial charge on any atom is -0.381 e. The van der Waals surface area contributed by atoms with Crippen molar-refractivity contribution in [2.75, 3.05) is 5.73 Å². The van der Waals surface area contributed by atoms with Crippen LogP contribution >= 0.6 is 0 Å². The van der Waals surface area contributed by atoms with E-state index in [0.717, 1.165) is 24.2 Å². The standard InChI is InChI=1S/C14H22N6/c1-3-12(4-2)19-8-7-11(17-19)9-20-13(10-5-6-10)14(15)16-18-20/h7-8,10,12H,3-6,9,15H2,1-2H3. The van der Waals surface area contributed by atoms with Crippen LogP contribution in [0.2, 0.25) is 0 Å². The molecule has 0 unspecified atom stereocenters. The average molecular weight is 274 g/mol. The van der Waals surface area contributed by atoms with Crippen molar-refractivity contribution in [3.05, 3.63) is 23.7 Å². The average Bonchev–Trinajstić information content (AvgIpc) is 3.07. The molecular formula is C14H22N6. The lowest BCUT2D eigenvalue weighted by atomic mass is 10.2. The van der Waals surface area contributed by atoms with Gasteiger partial charge in [0.05, 0.1) is 24.0 Å². The molecule has 0 aromatic carbocycles. The van der Waals surface area contributed by atoms with Gasteiger partial charge in [-0.25, -0.2) is 4.68 Å². The maximum Gasteiger partial charge on any atom is 0.169 e. The van der Waals surface area contributed by atoms with Crippen LogP contribution in [0.3, 0.4) is 0 Å². The Labute approximate surface area is 119 Å². The molecule has 6 nitrogen and oxygen atoms in total. The van der Waals surface area contributed by atoms with Crippen LogP contribution in [0.4, 0.5) is 5.82 Å². The van der Waals surface area contributed by atoms with Crippen molar-refractivity contribution < 1.29 is 0 Å². The molecular weight excluding hydrogens is 252 g/mol. The van der Waals surface area contributed by atoms with Gasteiger partial charge in [-0.2, -0.15) is 5.10 Å². The van der Waals surface area contributed by atoms with Gasteiger partial charge < -0.3 is 5.73 Å². The van der Waals surface area contributed by atoms with Gasteiger partial charge in [0.1, 0.15) is 0 Å². The first-order valence-corrected chi connectivity index (χ1v) is 7.45. The number of anilines is 1. The maximum atomic E-state index is 5.91. The van der Waals surface area contributed by atoms with Gasteiger partial charge in [0.15, 0.2) is 5.82 Å². The highest BCUT2D eigenvalue weighted by Crippen LogP contribution is 2.42. The van der Waals surface area contributed by atoms with Gasteiger partial charge in [0.25, 0.3) is 0 Å². The first-order chi connectivity index (χ1) is 9.72. The van der Waals surface area contributed by atoms with E-state index in [0.29, 0.717) is 24.3 Å². The monoisotopic (exact) mass is 274 g/mol. The van der Waals surface area contributed by atoms with E-state index in [9.17, 15) is 0 Å². The second kappa shape index (κ2) is 5.26. The summed E-state index contributed by atoms with van der Waals surface area (Å²) in [6.07, 6.45) is 6.64. The van der Waals surface area contributed by atoms with E-state index in [2.05, 4.69) is 46.2 Å². The van der Waals surface area contributed by atoms with E-state index in [1.807, 2.05) is 4.68 Å². The third kappa shape index (κ3) is 2.42. The molecule has 0 amide bonds. The predicted octanol–water partition coefficient (Wildman–Crippen LogP) is 2.34. The number of hydrogen-bond donors (Lipinski definition) is 1. The van der Waals surface area contributed by atoms with Crippen LogP contribution in [0.15, 0.2) is 12.3 Å². The molecule has 2 aromatic rings. The van der Waals surface area contributed by atoms with Gasteiger partial charge in [-0.3, -0.25) is 4.68 Å². The van der Waals surface area contributed by atoms with Gasteiger partial charge in [-0.15, -0.1) is 5.10 Å². The van der Waals surface area contributed by atoms with E-state index in [-0.39, 0.29) is 0 Å². The molecule has 108 valence electrons. The molecule has 20 heavy (non-hydrogen) atoms. The molecule has 1 aliphatic rings. The summed E-state index contributed by atoms with van der Waals surface area (Å²) >= 11 is 0. The Hall–Kier alpha value is -1.85. The first kappa shape index (κ1) is 13.1. The minimum absolute atomic E-state index is 0.479. The normalized spacial score (nSPS) is 15.2. The number of nitrogens with two attached hydrogens (primary N) is 1. The molecule has 3 rings (SSSR count). The van der Waals surface area contributed by atoms with Gasteiger partial charge >= 0.3 is 0 Å². The lowest BCUT2D eigenvalue weighted by molar-refractivity contribution is 0.423. The highest BCUT2D eigenvalue weighted by Gasteiger charge is 2.30. The van der Waals surface area contributed by atoms with Crippen molar-refractivity contribution in [2.24, 2.45) is 0 Å². The Bertz CT molecular complexity index is 576. The fraction of sp³-hybridized carbons (Fsp3) is 0.643. The zero-order valence-electron chi connectivity index (χ0n) is 12.2. The number of aromatic nitrogens is 5. The maximum absolute atomic E-state index is 5.91. The van der Waals surface area contributed by atoms with Crippen LogP contribution < -0.4 is 5.73 Å². The fourth-order valence-electron chi connectivity index (χ4n) is 2.71. The quantitative estimate of drug-likeness (QED) is 0.877. The Balaban J connectivity index is 1.78. The van der Waals surface area contributed by atoms with Crippen LogP contribution in [0.25, 0.3) is 0 Å². The van der Waals surface area contributed by atoms with Crippen molar-refractivity contribution in [3.63, 3.8) is 0 Å². The summed E-state index contributed by atoms with van der Waals surface area (Å²) < 4.78 is 3.97. The fourth-order valence-corrected chi connectivity index (χ4v) is 2.71. The lowest BCUT2D eigenvalue weighted by Gasteiger charge is -2.12. The smallest absolute Gasteiger partial charge is 0.169 e. The van der Waals surface area contributed by atoms with Crippen molar-refractivity contribution >= 4 is 5.82 Å². The summed E-state index contributed by atoms with van der Waals surface area (Å²) in [5.74, 6) is 1.12. The highest BCUT2D eigenvalue weighted by molar-refractivity contribution is 5.38. The molecule has 0 saturated heterocycles. The Morgan fingerprint density at radius 1 is 1.35 bits per heavy atom. The van der Waals surface area contributed by atoms with Crippen molar-refractivity contribution in [1.82, 2.24) is 24.8 Å². The van der Waals surface area contributed by atoms with Gasteiger partial charge in [-0.05, 0) is 31.7 Å². The van der Waals surface area contributed by atoms with Crippen LogP contribution in [0.5, 0.6) is 0 Å². The molecule has 6 heteroatoms. The van der Waals surface area contributed by atoms with Crippen LogP contribution in [0.1, 0.15) is 62.9 Å². The summed E-state index contributed by atoms with van der Waals surface area (Å²) in [5.41, 5.74) is 8.01. The molecule has 2 N–H and O–H groups in total. The number of hydrogen-bond acceptors (Lipinski definition) is 4. The van der Waals surface area contributed by atoms with Gasteiger partial charge in [-0.1, -0.05) is 19.1 Å². The molecule has 1 fully saturated rings. The predicted molar refractivity (Wildman–Crippen MR) is 77.4 cm³/mol. The summed E-state index contributed by atoms with van der Waals surface area (Å²) in [5, 5.41) is 12.8. The zero-order valence-corrected chi connectivity index (χ0v) is 12.2. The van der Waals surface area contributed by atoms with Crippen LogP contribution in [0, 0.1) is 0 Å². The summed E-state index contributed by atoms with van der Waals surface area (Å²) in [6, 6.07) is 2.54. The van der Waals surface area contributed by atoms with E-state index in [4.69, 9.17) is 5.73 Å². The highest BCUT2D eigenvalue weighted by atomic mass is 15.5. The molecule has 0 aliphatic heterocycles. The van der Waals surface area contributed by atoms with E-state index < -0.39 is 0 Å². The summed E-state index contributed by atoms with van der Waals surface area (Å²) in [6.45, 7) is 5.04. The van der Waals surface area contributed by atoms with Crippen molar-refractivity contribution in [3.8, 4) is 0 Å². The van der Waals surface area contributed by atoms with E-state index in [1.54, 1.807) is 0 Å². The Kier molecular flexibility index (Phi) is 3.46. The molecule has 0 spiro atoms. The molecule has 0 radical (unpaired) electrons. The van der Waals surface area contributed by atoms with Crippen molar-refractivity contribution in [1.29, 1.82) is 0 Å². The molecule has 0 atom stereocenters. The van der Waals surface area contributed by atoms with Gasteiger partial charge in [0.2, 0.25) is 0 Å². The van der Waals surface area contributed by atoms with Crippen molar-refractivity contribution in [2.45, 2.75) is 58.0 Å². The number of nitrogen functional groups attached to an aromatic ring is 1. The Morgan fingerprint density at radius 3 is 2.75 bits per heavy atom.